The van der Waals surface area contributed by atoms with Crippen molar-refractivity contribution in [3.8, 4) is 0 Å². The topological polar surface area (TPSA) is 66.5 Å². The highest BCUT2D eigenvalue weighted by atomic mass is 32.2. The molecule has 2 aromatic carbocycles. The Hall–Kier alpha value is -2.18. The lowest BCUT2D eigenvalue weighted by molar-refractivity contribution is 0.0950. The van der Waals surface area contributed by atoms with Crippen LogP contribution in [0, 0.1) is 0 Å². The van der Waals surface area contributed by atoms with Gasteiger partial charge in [-0.15, -0.1) is 0 Å². The predicted molar refractivity (Wildman–Crippen MR) is 116 cm³/mol. The highest BCUT2D eigenvalue weighted by Crippen LogP contribution is 2.21. The van der Waals surface area contributed by atoms with Gasteiger partial charge < -0.3 is 5.32 Å². The second-order valence-corrected chi connectivity index (χ2v) is 10.2. The van der Waals surface area contributed by atoms with E-state index in [-0.39, 0.29) is 11.7 Å². The third kappa shape index (κ3) is 6.41. The van der Waals surface area contributed by atoms with Gasteiger partial charge in [0.2, 0.25) is 0 Å². The average molecular weight is 415 g/mol. The van der Waals surface area contributed by atoms with Gasteiger partial charge in [0.25, 0.3) is 5.91 Å². The second-order valence-electron chi connectivity index (χ2n) is 8.04. The molecular weight excluding hydrogens is 384 g/mol. The molecule has 2 aromatic rings. The van der Waals surface area contributed by atoms with Crippen LogP contribution in [-0.2, 0) is 28.7 Å². The lowest BCUT2D eigenvalue weighted by atomic mass is 10.0. The third-order valence-corrected chi connectivity index (χ3v) is 6.35. The maximum atomic E-state index is 12.6. The summed E-state index contributed by atoms with van der Waals surface area (Å²) in [6.07, 6.45) is 4.98. The number of hydrogen-bond donors (Lipinski definition) is 1. The molecule has 29 heavy (non-hydrogen) atoms. The van der Waals surface area contributed by atoms with Crippen LogP contribution in [0.5, 0.6) is 0 Å². The van der Waals surface area contributed by atoms with Crippen LogP contribution in [0.15, 0.2) is 48.5 Å². The fourth-order valence-corrected chi connectivity index (χ4v) is 4.66. The number of benzene rings is 2. The lowest BCUT2D eigenvalue weighted by Crippen LogP contribution is -2.37. The predicted octanol–water partition coefficient (Wildman–Crippen LogP) is 3.54. The fraction of sp³-hybridized carbons (Fsp3) is 0.435. The molecule has 1 N–H and O–H groups in total. The molecule has 1 amide bonds. The Morgan fingerprint density at radius 2 is 1.86 bits per heavy atom. The van der Waals surface area contributed by atoms with Gasteiger partial charge in [-0.05, 0) is 55.1 Å². The molecule has 5 nitrogen and oxygen atoms in total. The number of amides is 1. The van der Waals surface area contributed by atoms with Gasteiger partial charge in [0, 0.05) is 31.0 Å². The summed E-state index contributed by atoms with van der Waals surface area (Å²) in [6, 6.07) is 15.6. The summed E-state index contributed by atoms with van der Waals surface area (Å²) in [5.41, 5.74) is 3.46. The lowest BCUT2D eigenvalue weighted by Gasteiger charge is -2.33. The number of rotatable bonds is 7. The Balaban J connectivity index is 1.66. The van der Waals surface area contributed by atoms with Crippen LogP contribution < -0.4 is 5.32 Å². The zero-order valence-electron chi connectivity index (χ0n) is 17.2. The maximum Gasteiger partial charge on any atom is 0.251 e. The number of nitrogens with zero attached hydrogens (tertiary/aromatic N) is 1. The number of nitrogens with one attached hydrogen (secondary N) is 1. The molecule has 0 aliphatic carbocycles. The minimum atomic E-state index is -3.14. The number of hydrogen-bond acceptors (Lipinski definition) is 4. The Bertz CT molecular complexity index is 956. The smallest absolute Gasteiger partial charge is 0.251 e. The normalized spacial score (nSPS) is 17.8. The number of piperidine rings is 1. The van der Waals surface area contributed by atoms with E-state index in [0.717, 1.165) is 18.7 Å². The molecule has 1 heterocycles. The van der Waals surface area contributed by atoms with Crippen molar-refractivity contribution in [1.29, 1.82) is 0 Å². The summed E-state index contributed by atoms with van der Waals surface area (Å²) in [6.45, 7) is 4.76. The van der Waals surface area contributed by atoms with Gasteiger partial charge in [0.15, 0.2) is 9.84 Å². The van der Waals surface area contributed by atoms with Crippen molar-refractivity contribution in [2.45, 2.75) is 51.1 Å². The molecular formula is C23H30N2O3S. The van der Waals surface area contributed by atoms with E-state index in [2.05, 4.69) is 29.3 Å². The van der Waals surface area contributed by atoms with Crippen molar-refractivity contribution < 1.29 is 13.2 Å². The average Bonchev–Trinajstić information content (AvgIpc) is 2.68. The van der Waals surface area contributed by atoms with E-state index in [1.165, 1.54) is 31.1 Å². The van der Waals surface area contributed by atoms with E-state index >= 15 is 0 Å². The first-order chi connectivity index (χ1) is 13.8. The Labute approximate surface area is 174 Å². The van der Waals surface area contributed by atoms with E-state index in [1.54, 1.807) is 24.3 Å². The fourth-order valence-electron chi connectivity index (χ4n) is 3.88. The van der Waals surface area contributed by atoms with Crippen molar-refractivity contribution in [2.75, 3.05) is 12.8 Å². The Kier molecular flexibility index (Phi) is 7.09. The second kappa shape index (κ2) is 9.55. The zero-order chi connectivity index (χ0) is 20.9. The molecule has 0 radical (unpaired) electrons. The molecule has 6 heteroatoms. The van der Waals surface area contributed by atoms with Gasteiger partial charge in [0.1, 0.15) is 0 Å². The molecule has 1 aliphatic rings. The molecule has 0 unspecified atom stereocenters. The van der Waals surface area contributed by atoms with Crippen LogP contribution in [-0.4, -0.2) is 38.1 Å². The van der Waals surface area contributed by atoms with Crippen molar-refractivity contribution >= 4 is 15.7 Å². The van der Waals surface area contributed by atoms with Crippen LogP contribution in [0.25, 0.3) is 0 Å². The maximum absolute atomic E-state index is 12.6. The minimum Gasteiger partial charge on any atom is -0.348 e. The standard InChI is InChI=1S/C23H30N2O3S/c1-18-8-5-6-13-25(18)16-22-11-4-3-10-21(22)15-24-23(26)20-12-7-9-19(14-20)17-29(2,27)28/h3-4,7,9-12,14,18H,5-6,8,13,15-17H2,1-2H3,(H,24,26)/t18-/m0/s1. The number of carbonyl (C=O) groups is 1. The first-order valence-corrected chi connectivity index (χ1v) is 12.2. The number of sulfone groups is 1. The van der Waals surface area contributed by atoms with E-state index in [1.807, 2.05) is 12.1 Å². The molecule has 1 atom stereocenters. The molecule has 156 valence electrons. The van der Waals surface area contributed by atoms with E-state index in [9.17, 15) is 13.2 Å². The third-order valence-electron chi connectivity index (χ3n) is 5.49. The highest BCUT2D eigenvalue weighted by Gasteiger charge is 2.19. The van der Waals surface area contributed by atoms with Gasteiger partial charge in [-0.1, -0.05) is 42.8 Å². The monoisotopic (exact) mass is 414 g/mol. The van der Waals surface area contributed by atoms with Crippen molar-refractivity contribution in [2.24, 2.45) is 0 Å². The Morgan fingerprint density at radius 1 is 1.10 bits per heavy atom. The quantitative estimate of drug-likeness (QED) is 0.753. The molecule has 0 aromatic heterocycles. The van der Waals surface area contributed by atoms with Crippen molar-refractivity contribution in [1.82, 2.24) is 10.2 Å². The van der Waals surface area contributed by atoms with Crippen LogP contribution in [0.3, 0.4) is 0 Å². The first-order valence-electron chi connectivity index (χ1n) is 10.2. The Morgan fingerprint density at radius 3 is 2.59 bits per heavy atom. The highest BCUT2D eigenvalue weighted by molar-refractivity contribution is 7.89. The zero-order valence-corrected chi connectivity index (χ0v) is 18.0. The molecule has 1 fully saturated rings. The molecule has 0 saturated carbocycles. The van der Waals surface area contributed by atoms with Crippen LogP contribution in [0.2, 0.25) is 0 Å². The van der Waals surface area contributed by atoms with Gasteiger partial charge in [0.05, 0.1) is 5.75 Å². The molecule has 0 spiro atoms. The minimum absolute atomic E-state index is 0.0645. The summed E-state index contributed by atoms with van der Waals surface area (Å²) in [5, 5.41) is 2.99. The van der Waals surface area contributed by atoms with Gasteiger partial charge in [-0.25, -0.2) is 8.42 Å². The summed E-state index contributed by atoms with van der Waals surface area (Å²) in [4.78, 5) is 15.1. The van der Waals surface area contributed by atoms with E-state index in [0.29, 0.717) is 23.7 Å². The molecule has 0 bridgehead atoms. The van der Waals surface area contributed by atoms with Crippen LogP contribution >= 0.6 is 0 Å². The number of likely N-dealkylation sites (tertiary alicyclic amines) is 1. The molecule has 1 saturated heterocycles. The SMILES string of the molecule is C[C@H]1CCCCN1Cc1ccccc1CNC(=O)c1cccc(CS(C)(=O)=O)c1. The van der Waals surface area contributed by atoms with Gasteiger partial charge >= 0.3 is 0 Å². The summed E-state index contributed by atoms with van der Waals surface area (Å²) < 4.78 is 23.0. The van der Waals surface area contributed by atoms with Crippen molar-refractivity contribution in [3.05, 3.63) is 70.8 Å². The number of carbonyl (C=O) groups excluding carboxylic acids is 1. The van der Waals surface area contributed by atoms with Gasteiger partial charge in [-0.3, -0.25) is 9.69 Å². The van der Waals surface area contributed by atoms with Crippen molar-refractivity contribution in [3.63, 3.8) is 0 Å². The summed E-state index contributed by atoms with van der Waals surface area (Å²) in [7, 11) is -3.14. The van der Waals surface area contributed by atoms with Crippen LogP contribution in [0.4, 0.5) is 0 Å². The molecule has 3 rings (SSSR count). The summed E-state index contributed by atoms with van der Waals surface area (Å²) >= 11 is 0. The van der Waals surface area contributed by atoms with E-state index in [4.69, 9.17) is 0 Å². The van der Waals surface area contributed by atoms with Crippen LogP contribution in [0.1, 0.15) is 53.2 Å². The largest absolute Gasteiger partial charge is 0.348 e. The first kappa shape index (κ1) is 21.5. The van der Waals surface area contributed by atoms with E-state index < -0.39 is 9.84 Å². The van der Waals surface area contributed by atoms with Gasteiger partial charge in [-0.2, -0.15) is 0 Å². The summed E-state index contributed by atoms with van der Waals surface area (Å²) in [5.74, 6) is -0.258. The molecule has 1 aliphatic heterocycles.